The molecule has 1 amide bonds. The van der Waals surface area contributed by atoms with Gasteiger partial charge in [-0.05, 0) is 70.6 Å². The topological polar surface area (TPSA) is 95.9 Å². The molecule has 64 heavy (non-hydrogen) atoms. The highest BCUT2D eigenvalue weighted by Crippen LogP contribution is 2.18. The molecular formula is C58H107NO5. The molecule has 0 aliphatic heterocycles. The van der Waals surface area contributed by atoms with E-state index in [1.807, 2.05) is 0 Å². The molecular weight excluding hydrogens is 791 g/mol. The van der Waals surface area contributed by atoms with Crippen LogP contribution in [-0.2, 0) is 14.3 Å². The second-order valence-corrected chi connectivity index (χ2v) is 19.0. The molecule has 0 radical (unpaired) electrons. The molecule has 0 aliphatic rings. The number of esters is 1. The van der Waals surface area contributed by atoms with Gasteiger partial charge in [-0.15, -0.1) is 0 Å². The Morgan fingerprint density at radius 1 is 0.469 bits per heavy atom. The third kappa shape index (κ3) is 46.4. The van der Waals surface area contributed by atoms with Crippen molar-refractivity contribution >= 4 is 11.9 Å². The van der Waals surface area contributed by atoms with Crippen LogP contribution in [0.25, 0.3) is 0 Å². The molecule has 0 spiro atoms. The van der Waals surface area contributed by atoms with E-state index in [2.05, 4.69) is 74.7 Å². The summed E-state index contributed by atoms with van der Waals surface area (Å²) in [6, 6.07) is -0.707. The van der Waals surface area contributed by atoms with Crippen LogP contribution in [-0.4, -0.2) is 46.9 Å². The molecule has 0 bridgehead atoms. The molecule has 3 atom stereocenters. The minimum Gasteiger partial charge on any atom is -0.462 e. The van der Waals surface area contributed by atoms with Gasteiger partial charge in [-0.1, -0.05) is 249 Å². The van der Waals surface area contributed by atoms with E-state index in [0.29, 0.717) is 19.3 Å². The van der Waals surface area contributed by atoms with Crippen LogP contribution in [0.4, 0.5) is 0 Å². The maximum Gasteiger partial charge on any atom is 0.306 e. The summed E-state index contributed by atoms with van der Waals surface area (Å²) in [5.74, 6) is -0.486. The molecule has 3 unspecified atom stereocenters. The first-order valence-corrected chi connectivity index (χ1v) is 27.9. The first-order chi connectivity index (χ1) is 31.5. The zero-order valence-corrected chi connectivity index (χ0v) is 42.7. The van der Waals surface area contributed by atoms with Gasteiger partial charge in [0.25, 0.3) is 0 Å². The summed E-state index contributed by atoms with van der Waals surface area (Å²) >= 11 is 0. The van der Waals surface area contributed by atoms with E-state index in [1.165, 1.54) is 161 Å². The summed E-state index contributed by atoms with van der Waals surface area (Å²) in [5, 5.41) is 23.9. The van der Waals surface area contributed by atoms with E-state index in [-0.39, 0.29) is 24.9 Å². The standard InChI is InChI=1S/C58H107NO5/c1-4-7-10-13-16-19-22-25-28-31-34-37-40-43-46-49-54(64-58(63)51-48-45-42-39-36-33-30-27-24-21-18-15-12-9-6-3)52-57(62)59-55(53-60)56(61)50-47-44-41-38-35-32-29-26-23-20-17-14-11-8-5-2/h9,12,15,18,21,24-25,28,54-56,60-61H,4-8,10-11,13-14,16-17,19-20,22-23,26-27,29-53H2,1-3H3,(H,59,62)/b12-9+,18-15+,24-21+,28-25+. The fraction of sp³-hybridized carbons (Fsp3) is 0.828. The molecule has 6 nitrogen and oxygen atoms in total. The largest absolute Gasteiger partial charge is 0.462 e. The van der Waals surface area contributed by atoms with Gasteiger partial charge >= 0.3 is 5.97 Å². The van der Waals surface area contributed by atoms with Crippen molar-refractivity contribution in [3.8, 4) is 0 Å². The molecule has 0 aliphatic carbocycles. The Bertz CT molecular complexity index is 1100. The average Bonchev–Trinajstić information content (AvgIpc) is 3.29. The van der Waals surface area contributed by atoms with Crippen molar-refractivity contribution in [2.24, 2.45) is 0 Å². The van der Waals surface area contributed by atoms with Crippen molar-refractivity contribution in [1.29, 1.82) is 0 Å². The fourth-order valence-corrected chi connectivity index (χ4v) is 8.49. The lowest BCUT2D eigenvalue weighted by Gasteiger charge is -2.24. The van der Waals surface area contributed by atoms with Gasteiger partial charge in [0.15, 0.2) is 0 Å². The maximum absolute atomic E-state index is 13.2. The number of allylic oxidation sites excluding steroid dienone is 8. The molecule has 0 rings (SSSR count). The van der Waals surface area contributed by atoms with Crippen LogP contribution >= 0.6 is 0 Å². The van der Waals surface area contributed by atoms with Crippen molar-refractivity contribution in [3.63, 3.8) is 0 Å². The van der Waals surface area contributed by atoms with Crippen molar-refractivity contribution in [3.05, 3.63) is 48.6 Å². The zero-order valence-electron chi connectivity index (χ0n) is 42.7. The highest BCUT2D eigenvalue weighted by atomic mass is 16.5. The van der Waals surface area contributed by atoms with Crippen LogP contribution in [0.5, 0.6) is 0 Å². The first-order valence-electron chi connectivity index (χ1n) is 27.9. The van der Waals surface area contributed by atoms with Crippen molar-refractivity contribution in [2.45, 2.75) is 302 Å². The lowest BCUT2D eigenvalue weighted by Crippen LogP contribution is -2.46. The third-order valence-electron chi connectivity index (χ3n) is 12.7. The summed E-state index contributed by atoms with van der Waals surface area (Å²) in [6.45, 7) is 6.37. The second kappa shape index (κ2) is 51.8. The SMILES string of the molecule is CC/C=C/C=C/C=C/CCCCCCCCCC(=O)OC(CCCCCCC/C=C/CCCCCCCC)CC(=O)NC(CO)C(O)CCCCCCCCCCCCCCCCC. The highest BCUT2D eigenvalue weighted by molar-refractivity contribution is 5.77. The maximum atomic E-state index is 13.2. The van der Waals surface area contributed by atoms with Gasteiger partial charge < -0.3 is 20.3 Å². The summed E-state index contributed by atoms with van der Waals surface area (Å²) in [7, 11) is 0. The predicted octanol–water partition coefficient (Wildman–Crippen LogP) is 17.0. The van der Waals surface area contributed by atoms with Crippen LogP contribution in [0.1, 0.15) is 284 Å². The van der Waals surface area contributed by atoms with Gasteiger partial charge in [0.1, 0.15) is 6.10 Å². The Hall–Kier alpha value is -2.18. The number of carbonyl (C=O) groups is 2. The molecule has 0 saturated heterocycles. The molecule has 3 N–H and O–H groups in total. The van der Waals surface area contributed by atoms with Crippen LogP contribution < -0.4 is 5.32 Å². The van der Waals surface area contributed by atoms with E-state index < -0.39 is 18.2 Å². The number of nitrogens with one attached hydrogen (secondary N) is 1. The quantitative estimate of drug-likeness (QED) is 0.0245. The number of amides is 1. The number of rotatable bonds is 50. The Morgan fingerprint density at radius 2 is 0.859 bits per heavy atom. The monoisotopic (exact) mass is 898 g/mol. The lowest BCUT2D eigenvalue weighted by molar-refractivity contribution is -0.151. The highest BCUT2D eigenvalue weighted by Gasteiger charge is 2.24. The summed E-state index contributed by atoms with van der Waals surface area (Å²) in [6.07, 6.45) is 63.1. The molecule has 6 heteroatoms. The summed E-state index contributed by atoms with van der Waals surface area (Å²) < 4.78 is 5.95. The van der Waals surface area contributed by atoms with Crippen molar-refractivity contribution in [2.75, 3.05) is 6.61 Å². The summed E-state index contributed by atoms with van der Waals surface area (Å²) in [4.78, 5) is 26.2. The molecule has 0 fully saturated rings. The number of aliphatic hydroxyl groups excluding tert-OH is 2. The number of ether oxygens (including phenoxy) is 1. The number of unbranched alkanes of at least 4 members (excludes halogenated alkanes) is 32. The van der Waals surface area contributed by atoms with Crippen molar-refractivity contribution in [1.82, 2.24) is 5.32 Å². The molecule has 0 aromatic carbocycles. The van der Waals surface area contributed by atoms with Crippen LogP contribution in [0, 0.1) is 0 Å². The normalized spacial score (nSPS) is 13.5. The minimum absolute atomic E-state index is 0.0682. The predicted molar refractivity (Wildman–Crippen MR) is 278 cm³/mol. The van der Waals surface area contributed by atoms with Gasteiger partial charge in [-0.2, -0.15) is 0 Å². The van der Waals surface area contributed by atoms with Crippen LogP contribution in [0.15, 0.2) is 48.6 Å². The number of hydrogen-bond acceptors (Lipinski definition) is 5. The van der Waals surface area contributed by atoms with Crippen LogP contribution in [0.3, 0.4) is 0 Å². The van der Waals surface area contributed by atoms with Gasteiger partial charge in [0, 0.05) is 6.42 Å². The van der Waals surface area contributed by atoms with Gasteiger partial charge in [0.2, 0.25) is 5.91 Å². The first kappa shape index (κ1) is 61.8. The van der Waals surface area contributed by atoms with Gasteiger partial charge in [-0.25, -0.2) is 0 Å². The zero-order chi connectivity index (χ0) is 46.7. The summed E-state index contributed by atoms with van der Waals surface area (Å²) in [5.41, 5.74) is 0. The minimum atomic E-state index is -0.792. The number of hydrogen-bond donors (Lipinski definition) is 3. The Labute approximate surface area is 397 Å². The van der Waals surface area contributed by atoms with Crippen molar-refractivity contribution < 1.29 is 24.5 Å². The van der Waals surface area contributed by atoms with Gasteiger partial charge in [-0.3, -0.25) is 9.59 Å². The molecule has 0 saturated carbocycles. The molecule has 0 aromatic heterocycles. The Kier molecular flexibility index (Phi) is 50.0. The molecule has 0 aromatic rings. The van der Waals surface area contributed by atoms with E-state index in [1.54, 1.807) is 0 Å². The number of aliphatic hydroxyl groups is 2. The Balaban J connectivity index is 4.57. The van der Waals surface area contributed by atoms with E-state index in [4.69, 9.17) is 4.74 Å². The molecule has 374 valence electrons. The number of carbonyl (C=O) groups excluding carboxylic acids is 2. The van der Waals surface area contributed by atoms with E-state index in [0.717, 1.165) is 77.0 Å². The second-order valence-electron chi connectivity index (χ2n) is 19.0. The smallest absolute Gasteiger partial charge is 0.306 e. The third-order valence-corrected chi connectivity index (χ3v) is 12.7. The average molecular weight is 898 g/mol. The molecule has 0 heterocycles. The van der Waals surface area contributed by atoms with Crippen LogP contribution in [0.2, 0.25) is 0 Å². The Morgan fingerprint density at radius 3 is 1.31 bits per heavy atom. The van der Waals surface area contributed by atoms with E-state index >= 15 is 0 Å². The fourth-order valence-electron chi connectivity index (χ4n) is 8.49. The van der Waals surface area contributed by atoms with Gasteiger partial charge in [0.05, 0.1) is 25.2 Å². The lowest BCUT2D eigenvalue weighted by atomic mass is 10.0. The van der Waals surface area contributed by atoms with E-state index in [9.17, 15) is 19.8 Å².